The monoisotopic (exact) mass is 785 g/mol. The van der Waals surface area contributed by atoms with Gasteiger partial charge in [0, 0.05) is 13.8 Å². The van der Waals surface area contributed by atoms with E-state index < -0.39 is 73.2 Å². The van der Waals surface area contributed by atoms with E-state index in [1.54, 1.807) is 0 Å². The average molecular weight is 786 g/mol. The maximum Gasteiger partial charge on any atom is 0.303 e. The van der Waals surface area contributed by atoms with Gasteiger partial charge in [0.2, 0.25) is 5.91 Å². The molecule has 0 aromatic heterocycles. The van der Waals surface area contributed by atoms with Crippen LogP contribution in [0.1, 0.15) is 36.1 Å². The fourth-order valence-electron chi connectivity index (χ4n) is 6.89. The van der Waals surface area contributed by atoms with E-state index in [0.29, 0.717) is 0 Å². The van der Waals surface area contributed by atoms with E-state index in [4.69, 9.17) is 37.9 Å². The van der Waals surface area contributed by atoms with Crippen LogP contribution in [0.15, 0.2) is 121 Å². The van der Waals surface area contributed by atoms with Gasteiger partial charge in [0.15, 0.2) is 18.7 Å². The highest BCUT2D eigenvalue weighted by atomic mass is 16.7. The number of esters is 1. The number of hydrogen-bond donors (Lipinski definition) is 3. The lowest BCUT2D eigenvalue weighted by molar-refractivity contribution is -0.351. The highest BCUT2D eigenvalue weighted by molar-refractivity contribution is 5.73. The Labute approximate surface area is 332 Å². The molecule has 0 unspecified atom stereocenters. The molecule has 2 aliphatic heterocycles. The van der Waals surface area contributed by atoms with Crippen LogP contribution in [0.5, 0.6) is 0 Å². The van der Waals surface area contributed by atoms with Crippen molar-refractivity contribution in [2.45, 2.75) is 102 Å². The number of benzene rings is 4. The van der Waals surface area contributed by atoms with Crippen molar-refractivity contribution >= 4 is 11.9 Å². The Bertz CT molecular complexity index is 1790. The molecule has 0 bridgehead atoms. The Hall–Kier alpha value is -4.54. The first kappa shape index (κ1) is 42.1. The first-order valence-electron chi connectivity index (χ1n) is 19.1. The maximum absolute atomic E-state index is 12.6. The SMILES string of the molecule is CC(=O)N[C@@H]1[C@@H](O[C@@H]2O[C@H](COCc3ccccc3)[C@H](OCc3ccccc3)[C@H](O)[C@H]2OC(C)=O)[C@H](OCc2ccccc2)[C@@H](COCc2ccccc2)O[C@@H]1O. The first-order chi connectivity index (χ1) is 27.7. The van der Waals surface area contributed by atoms with Crippen molar-refractivity contribution < 1.29 is 57.7 Å². The molecule has 0 saturated carbocycles. The summed E-state index contributed by atoms with van der Waals surface area (Å²) in [4.78, 5) is 25.2. The van der Waals surface area contributed by atoms with E-state index in [9.17, 15) is 19.8 Å². The van der Waals surface area contributed by atoms with Crippen molar-refractivity contribution in [2.24, 2.45) is 0 Å². The van der Waals surface area contributed by atoms with E-state index in [0.717, 1.165) is 22.3 Å². The summed E-state index contributed by atoms with van der Waals surface area (Å²) in [6, 6.07) is 36.8. The molecule has 57 heavy (non-hydrogen) atoms. The summed E-state index contributed by atoms with van der Waals surface area (Å²) in [7, 11) is 0. The molecule has 4 aromatic carbocycles. The Balaban J connectivity index is 1.30. The number of carbonyl (C=O) groups is 2. The summed E-state index contributed by atoms with van der Waals surface area (Å²) < 4.78 is 50.0. The van der Waals surface area contributed by atoms with Crippen molar-refractivity contribution in [3.05, 3.63) is 144 Å². The Morgan fingerprint density at radius 1 is 0.579 bits per heavy atom. The van der Waals surface area contributed by atoms with Gasteiger partial charge in [0.1, 0.15) is 42.7 Å². The molecule has 0 spiro atoms. The van der Waals surface area contributed by atoms with Crippen molar-refractivity contribution in [1.29, 1.82) is 0 Å². The summed E-state index contributed by atoms with van der Waals surface area (Å²) in [5.74, 6) is -1.18. The lowest BCUT2D eigenvalue weighted by Gasteiger charge is -2.49. The number of amides is 1. The lowest BCUT2D eigenvalue weighted by atomic mass is 9.94. The summed E-state index contributed by atoms with van der Waals surface area (Å²) >= 11 is 0. The molecule has 4 aromatic rings. The van der Waals surface area contributed by atoms with Crippen LogP contribution in [-0.4, -0.2) is 96.7 Å². The number of hydrogen-bond acceptors (Lipinski definition) is 12. The number of ether oxygens (including phenoxy) is 8. The van der Waals surface area contributed by atoms with Gasteiger partial charge in [-0.25, -0.2) is 0 Å². The molecule has 0 radical (unpaired) electrons. The molecule has 10 atom stereocenters. The minimum Gasteiger partial charge on any atom is -0.454 e. The molecule has 304 valence electrons. The zero-order chi connectivity index (χ0) is 40.0. The number of aliphatic hydroxyl groups excluding tert-OH is 2. The molecule has 13 heteroatoms. The molecular formula is C44H51NO12. The second-order valence-corrected chi connectivity index (χ2v) is 14.0. The first-order valence-corrected chi connectivity index (χ1v) is 19.1. The predicted molar refractivity (Wildman–Crippen MR) is 206 cm³/mol. The van der Waals surface area contributed by atoms with Crippen LogP contribution in [0.25, 0.3) is 0 Å². The smallest absolute Gasteiger partial charge is 0.303 e. The molecule has 3 N–H and O–H groups in total. The Morgan fingerprint density at radius 2 is 1.02 bits per heavy atom. The largest absolute Gasteiger partial charge is 0.454 e. The van der Waals surface area contributed by atoms with Gasteiger partial charge in [0.25, 0.3) is 0 Å². The summed E-state index contributed by atoms with van der Waals surface area (Å²) in [5.41, 5.74) is 3.55. The summed E-state index contributed by atoms with van der Waals surface area (Å²) in [5, 5.41) is 26.2. The van der Waals surface area contributed by atoms with Gasteiger partial charge >= 0.3 is 5.97 Å². The summed E-state index contributed by atoms with van der Waals surface area (Å²) in [6.45, 7) is 3.19. The number of nitrogens with one attached hydrogen (secondary N) is 1. The highest BCUT2D eigenvalue weighted by Crippen LogP contribution is 2.33. The highest BCUT2D eigenvalue weighted by Gasteiger charge is 2.54. The van der Waals surface area contributed by atoms with E-state index >= 15 is 0 Å². The summed E-state index contributed by atoms with van der Waals surface area (Å²) in [6.07, 6.45) is -10.9. The molecule has 2 aliphatic rings. The quantitative estimate of drug-likeness (QED) is 0.124. The van der Waals surface area contributed by atoms with Crippen molar-refractivity contribution in [3.63, 3.8) is 0 Å². The normalized spacial score (nSPS) is 27.4. The van der Waals surface area contributed by atoms with Gasteiger partial charge < -0.3 is 53.4 Å². The van der Waals surface area contributed by atoms with E-state index in [-0.39, 0.29) is 39.6 Å². The zero-order valence-electron chi connectivity index (χ0n) is 32.0. The van der Waals surface area contributed by atoms with Crippen LogP contribution in [0, 0.1) is 0 Å². The number of aliphatic hydroxyl groups is 2. The van der Waals surface area contributed by atoms with Gasteiger partial charge in [-0.05, 0) is 22.3 Å². The van der Waals surface area contributed by atoms with Gasteiger partial charge in [0.05, 0.1) is 39.6 Å². The lowest BCUT2D eigenvalue weighted by Crippen LogP contribution is -2.68. The van der Waals surface area contributed by atoms with Gasteiger partial charge in [-0.3, -0.25) is 9.59 Å². The van der Waals surface area contributed by atoms with Gasteiger partial charge in [-0.2, -0.15) is 0 Å². The second kappa shape index (κ2) is 21.3. The van der Waals surface area contributed by atoms with Crippen LogP contribution in [-0.2, 0) is 73.9 Å². The second-order valence-electron chi connectivity index (χ2n) is 14.0. The molecular weight excluding hydrogens is 734 g/mol. The number of carbonyl (C=O) groups excluding carboxylic acids is 2. The van der Waals surface area contributed by atoms with Crippen LogP contribution >= 0.6 is 0 Å². The third-order valence-corrected chi connectivity index (χ3v) is 9.60. The van der Waals surface area contributed by atoms with Crippen LogP contribution in [0.2, 0.25) is 0 Å². The topological polar surface area (TPSA) is 160 Å². The van der Waals surface area contributed by atoms with Crippen molar-refractivity contribution in [1.82, 2.24) is 5.32 Å². The third-order valence-electron chi connectivity index (χ3n) is 9.60. The van der Waals surface area contributed by atoms with Gasteiger partial charge in [-0.15, -0.1) is 0 Å². The van der Waals surface area contributed by atoms with Crippen LogP contribution in [0.4, 0.5) is 0 Å². The van der Waals surface area contributed by atoms with Crippen molar-refractivity contribution in [2.75, 3.05) is 13.2 Å². The van der Waals surface area contributed by atoms with E-state index in [1.807, 2.05) is 121 Å². The fraction of sp³-hybridized carbons (Fsp3) is 0.409. The van der Waals surface area contributed by atoms with Crippen LogP contribution in [0.3, 0.4) is 0 Å². The maximum atomic E-state index is 12.6. The van der Waals surface area contributed by atoms with Crippen LogP contribution < -0.4 is 5.32 Å². The number of rotatable bonds is 18. The third kappa shape index (κ3) is 12.2. The van der Waals surface area contributed by atoms with Gasteiger partial charge in [-0.1, -0.05) is 121 Å². The molecule has 1 amide bonds. The molecule has 13 nitrogen and oxygen atoms in total. The minimum absolute atomic E-state index is 0.0229. The molecule has 6 rings (SSSR count). The zero-order valence-corrected chi connectivity index (χ0v) is 32.0. The standard InChI is InChI=1S/C44H51NO12/c1-29(46)45-37-41(40(53-26-34-21-13-6-14-22-34)36(55-43(37)49)28-51-24-32-17-9-4-10-18-32)57-44-42(54-30(2)47)38(48)39(52-25-33-19-11-5-12-20-33)35(56-44)27-50-23-31-15-7-3-8-16-31/h3-22,35-44,48-49H,23-28H2,1-2H3,(H,45,46)/t35-,36-,37-,38+,39+,40-,41-,42-,43+,44+/m1/s1. The predicted octanol–water partition coefficient (Wildman–Crippen LogP) is 4.22. The molecule has 2 heterocycles. The molecule has 2 fully saturated rings. The fourth-order valence-corrected chi connectivity index (χ4v) is 6.89. The van der Waals surface area contributed by atoms with E-state index in [1.165, 1.54) is 13.8 Å². The Kier molecular flexibility index (Phi) is 15.7. The Morgan fingerprint density at radius 3 is 1.47 bits per heavy atom. The molecule has 0 aliphatic carbocycles. The van der Waals surface area contributed by atoms with Crippen molar-refractivity contribution in [3.8, 4) is 0 Å². The van der Waals surface area contributed by atoms with E-state index in [2.05, 4.69) is 5.32 Å². The minimum atomic E-state index is -1.58. The molecule has 2 saturated heterocycles. The average Bonchev–Trinajstić information content (AvgIpc) is 3.21.